The van der Waals surface area contributed by atoms with E-state index in [-0.39, 0.29) is 11.8 Å². The Hall–Kier alpha value is -4.62. The molecule has 1 fully saturated rings. The van der Waals surface area contributed by atoms with Crippen LogP contribution in [-0.4, -0.2) is 60.0 Å². The fraction of sp³-hybridized carbons (Fsp3) is 0.257. The first-order valence-corrected chi connectivity index (χ1v) is 14.3. The molecule has 0 atom stereocenters. The van der Waals surface area contributed by atoms with Crippen molar-refractivity contribution >= 4 is 11.9 Å². The summed E-state index contributed by atoms with van der Waals surface area (Å²) < 4.78 is 11.7. The number of carboxylic acids is 1. The summed E-state index contributed by atoms with van der Waals surface area (Å²) in [5.74, 6) is 1.27. The van der Waals surface area contributed by atoms with Crippen LogP contribution in [0.25, 0.3) is 0 Å². The lowest BCUT2D eigenvalue weighted by Gasteiger charge is -2.38. The van der Waals surface area contributed by atoms with Gasteiger partial charge in [0.05, 0.1) is 5.92 Å². The molecule has 4 aromatic rings. The number of para-hydroxylation sites is 4. The van der Waals surface area contributed by atoms with E-state index in [1.54, 1.807) is 24.3 Å². The van der Waals surface area contributed by atoms with Gasteiger partial charge in [0.15, 0.2) is 0 Å². The third kappa shape index (κ3) is 5.23. The zero-order chi connectivity index (χ0) is 29.2. The molecule has 0 bridgehead atoms. The molecule has 1 N–H and O–H groups in total. The summed E-state index contributed by atoms with van der Waals surface area (Å²) in [6.07, 6.45) is 2.07. The summed E-state index contributed by atoms with van der Waals surface area (Å²) in [5.41, 5.74) is 3.36. The van der Waals surface area contributed by atoms with Crippen molar-refractivity contribution in [3.05, 3.63) is 119 Å². The zero-order valence-corrected chi connectivity index (χ0v) is 23.8. The lowest BCUT2D eigenvalue weighted by molar-refractivity contribution is -0.138. The molecule has 1 amide bonds. The summed E-state index contributed by atoms with van der Waals surface area (Å²) in [7, 11) is 4.24. The average molecular weight is 563 g/mol. The van der Waals surface area contributed by atoms with E-state index in [2.05, 4.69) is 19.0 Å². The van der Waals surface area contributed by atoms with Crippen molar-refractivity contribution < 1.29 is 24.2 Å². The molecule has 1 saturated heterocycles. The number of hydrogen-bond donors (Lipinski definition) is 1. The van der Waals surface area contributed by atoms with Gasteiger partial charge in [0, 0.05) is 41.4 Å². The molecule has 0 saturated carbocycles. The van der Waals surface area contributed by atoms with Crippen molar-refractivity contribution in [3.8, 4) is 23.0 Å². The van der Waals surface area contributed by atoms with E-state index in [0.717, 1.165) is 48.6 Å². The Bertz CT molecular complexity index is 1520. The van der Waals surface area contributed by atoms with Crippen LogP contribution < -0.4 is 9.47 Å². The van der Waals surface area contributed by atoms with E-state index in [0.29, 0.717) is 28.7 Å². The summed E-state index contributed by atoms with van der Waals surface area (Å²) in [6, 6.07) is 30.9. The summed E-state index contributed by atoms with van der Waals surface area (Å²) in [4.78, 5) is 29.1. The topological polar surface area (TPSA) is 79.3 Å². The number of amides is 1. The second kappa shape index (κ2) is 11.7. The minimum absolute atomic E-state index is 0.195. The Morgan fingerprint density at radius 2 is 1.00 bits per heavy atom. The lowest BCUT2D eigenvalue weighted by atomic mass is 9.86. The lowest BCUT2D eigenvalue weighted by Crippen LogP contribution is -2.46. The normalized spacial score (nSPS) is 16.0. The van der Waals surface area contributed by atoms with Crippen LogP contribution in [0.4, 0.5) is 0 Å². The number of likely N-dealkylation sites (tertiary alicyclic amines) is 1. The van der Waals surface area contributed by atoms with Crippen LogP contribution in [0.2, 0.25) is 0 Å². The molecular formula is C35H34N2O5. The Kier molecular flexibility index (Phi) is 7.68. The van der Waals surface area contributed by atoms with Crippen LogP contribution in [0.5, 0.6) is 23.0 Å². The van der Waals surface area contributed by atoms with Gasteiger partial charge in [0.1, 0.15) is 28.9 Å². The Morgan fingerprint density at radius 1 is 0.643 bits per heavy atom. The van der Waals surface area contributed by atoms with E-state index >= 15 is 0 Å². The number of benzene rings is 4. The van der Waals surface area contributed by atoms with E-state index in [1.807, 2.05) is 77.7 Å². The average Bonchev–Trinajstić information content (AvgIpc) is 3.02. The molecule has 7 nitrogen and oxygen atoms in total. The number of ether oxygens (including phenoxy) is 2. The van der Waals surface area contributed by atoms with Crippen LogP contribution in [0, 0.1) is 0 Å². The Labute approximate surface area is 245 Å². The minimum Gasteiger partial charge on any atom is -0.481 e. The van der Waals surface area contributed by atoms with Gasteiger partial charge in [0.25, 0.3) is 0 Å². The van der Waals surface area contributed by atoms with E-state index in [1.165, 1.54) is 0 Å². The quantitative estimate of drug-likeness (QED) is 0.308. The smallest absolute Gasteiger partial charge is 0.315 e. The summed E-state index contributed by atoms with van der Waals surface area (Å²) >= 11 is 0. The van der Waals surface area contributed by atoms with Gasteiger partial charge in [-0.05, 0) is 51.2 Å². The van der Waals surface area contributed by atoms with Crippen molar-refractivity contribution in [1.82, 2.24) is 9.80 Å². The van der Waals surface area contributed by atoms with Gasteiger partial charge in [-0.2, -0.15) is 0 Å². The van der Waals surface area contributed by atoms with Crippen LogP contribution in [-0.2, 0) is 9.59 Å². The first-order chi connectivity index (χ1) is 20.4. The van der Waals surface area contributed by atoms with Crippen molar-refractivity contribution in [2.45, 2.75) is 30.7 Å². The highest BCUT2D eigenvalue weighted by atomic mass is 16.5. The first kappa shape index (κ1) is 27.5. The number of hydrogen-bond acceptors (Lipinski definition) is 5. The van der Waals surface area contributed by atoms with Gasteiger partial charge in [-0.3, -0.25) is 9.59 Å². The van der Waals surface area contributed by atoms with Crippen LogP contribution in [0.15, 0.2) is 97.1 Å². The van der Waals surface area contributed by atoms with Gasteiger partial charge >= 0.3 is 5.97 Å². The molecule has 0 aliphatic carbocycles. The Balaban J connectivity index is 0.000000162. The van der Waals surface area contributed by atoms with Gasteiger partial charge in [-0.1, -0.05) is 72.8 Å². The molecule has 0 unspecified atom stereocenters. The standard InChI is InChI=1S/C21H24N2O2.C14H10O3/c1-22(2)15-11-13-23(14-12-15)21(24)20-16-7-3-5-9-18(16)25-19-10-6-4-8-17(19)20;15-14(16)13-9-5-1-3-7-11(9)17-12-8-4-2-6-10(12)13/h3-10,15,20H,11-14H2,1-2H3;1-8,13H,(H,15,16). The number of carbonyl (C=O) groups is 2. The van der Waals surface area contributed by atoms with Gasteiger partial charge in [-0.25, -0.2) is 0 Å². The molecule has 0 aromatic heterocycles. The van der Waals surface area contributed by atoms with E-state index < -0.39 is 11.9 Å². The van der Waals surface area contributed by atoms with Crippen molar-refractivity contribution in [1.29, 1.82) is 0 Å². The molecule has 7 heteroatoms. The molecular weight excluding hydrogens is 528 g/mol. The predicted octanol–water partition coefficient (Wildman–Crippen LogP) is 6.49. The van der Waals surface area contributed by atoms with Gasteiger partial charge < -0.3 is 24.4 Å². The number of fused-ring (bicyclic) bond motifs is 4. The molecule has 3 aliphatic rings. The Morgan fingerprint density at radius 3 is 1.36 bits per heavy atom. The van der Waals surface area contributed by atoms with Crippen molar-refractivity contribution in [2.75, 3.05) is 27.2 Å². The second-order valence-corrected chi connectivity index (χ2v) is 11.1. The maximum absolute atomic E-state index is 13.4. The highest BCUT2D eigenvalue weighted by Crippen LogP contribution is 2.45. The van der Waals surface area contributed by atoms with E-state index in [4.69, 9.17) is 9.47 Å². The predicted molar refractivity (Wildman–Crippen MR) is 161 cm³/mol. The third-order valence-corrected chi connectivity index (χ3v) is 8.36. The van der Waals surface area contributed by atoms with Gasteiger partial charge in [0.2, 0.25) is 5.91 Å². The number of carboxylic acid groups (broad SMARTS) is 1. The minimum atomic E-state index is -0.854. The number of piperidine rings is 1. The van der Waals surface area contributed by atoms with Crippen LogP contribution in [0.3, 0.4) is 0 Å². The fourth-order valence-corrected chi connectivity index (χ4v) is 6.14. The third-order valence-electron chi connectivity index (χ3n) is 8.36. The van der Waals surface area contributed by atoms with Crippen molar-refractivity contribution in [3.63, 3.8) is 0 Å². The van der Waals surface area contributed by atoms with Crippen LogP contribution >= 0.6 is 0 Å². The zero-order valence-electron chi connectivity index (χ0n) is 23.8. The molecule has 3 heterocycles. The maximum Gasteiger partial charge on any atom is 0.315 e. The molecule has 0 radical (unpaired) electrons. The molecule has 214 valence electrons. The number of nitrogens with zero attached hydrogens (tertiary/aromatic N) is 2. The number of carbonyl (C=O) groups excluding carboxylic acids is 1. The van der Waals surface area contributed by atoms with Gasteiger partial charge in [-0.15, -0.1) is 0 Å². The highest BCUT2D eigenvalue weighted by Gasteiger charge is 2.36. The SMILES string of the molecule is CN(C)C1CCN(C(=O)C2c3ccccc3Oc3ccccc32)CC1.O=C(O)C1c2ccccc2Oc2ccccc21. The largest absolute Gasteiger partial charge is 0.481 e. The summed E-state index contributed by atoms with van der Waals surface area (Å²) in [5, 5.41) is 9.38. The monoisotopic (exact) mass is 562 g/mol. The molecule has 4 aromatic carbocycles. The van der Waals surface area contributed by atoms with Crippen LogP contribution in [0.1, 0.15) is 46.9 Å². The molecule has 0 spiro atoms. The molecule has 42 heavy (non-hydrogen) atoms. The first-order valence-electron chi connectivity index (χ1n) is 14.3. The van der Waals surface area contributed by atoms with E-state index in [9.17, 15) is 14.7 Å². The molecule has 3 aliphatic heterocycles. The molecule has 7 rings (SSSR count). The number of rotatable bonds is 3. The second-order valence-electron chi connectivity index (χ2n) is 11.1. The van der Waals surface area contributed by atoms with Crippen molar-refractivity contribution in [2.24, 2.45) is 0 Å². The summed E-state index contributed by atoms with van der Waals surface area (Å²) in [6.45, 7) is 1.65. The fourth-order valence-electron chi connectivity index (χ4n) is 6.14. The highest BCUT2D eigenvalue weighted by molar-refractivity contribution is 5.90. The maximum atomic E-state index is 13.4. The number of aliphatic carboxylic acids is 1.